The van der Waals surface area contributed by atoms with Crippen molar-refractivity contribution in [2.45, 2.75) is 59.0 Å². The first-order valence-electron chi connectivity index (χ1n) is 10.3. The first kappa shape index (κ1) is 20.5. The Morgan fingerprint density at radius 1 is 1.27 bits per heavy atom. The Kier molecular flexibility index (Phi) is 5.85. The van der Waals surface area contributed by atoms with E-state index in [1.54, 1.807) is 17.4 Å². The van der Waals surface area contributed by atoms with Gasteiger partial charge in [-0.25, -0.2) is 4.68 Å². The molecule has 7 nitrogen and oxygen atoms in total. The van der Waals surface area contributed by atoms with E-state index in [0.29, 0.717) is 22.9 Å². The summed E-state index contributed by atoms with van der Waals surface area (Å²) in [5.41, 5.74) is 1.58. The van der Waals surface area contributed by atoms with E-state index < -0.39 is 0 Å². The van der Waals surface area contributed by atoms with E-state index >= 15 is 0 Å². The molecule has 30 heavy (non-hydrogen) atoms. The quantitative estimate of drug-likeness (QED) is 0.667. The number of aromatic nitrogens is 3. The molecule has 3 heterocycles. The molecule has 1 fully saturated rings. The number of hydrogen-bond donors (Lipinski definition) is 1. The average molecular weight is 427 g/mol. The van der Waals surface area contributed by atoms with Crippen LogP contribution in [0.2, 0.25) is 0 Å². The summed E-state index contributed by atoms with van der Waals surface area (Å²) in [6, 6.07) is 7.39. The molecule has 0 aliphatic heterocycles. The molecule has 2 unspecified atom stereocenters. The highest BCUT2D eigenvalue weighted by Gasteiger charge is 2.24. The summed E-state index contributed by atoms with van der Waals surface area (Å²) in [6.45, 7) is 5.91. The predicted octanol–water partition coefficient (Wildman–Crippen LogP) is 3.94. The van der Waals surface area contributed by atoms with Crippen molar-refractivity contribution in [2.24, 2.45) is 5.92 Å². The zero-order chi connectivity index (χ0) is 21.3. The van der Waals surface area contributed by atoms with Crippen molar-refractivity contribution in [1.82, 2.24) is 20.3 Å². The molecule has 3 aromatic rings. The molecule has 1 aliphatic rings. The number of nitrogens with zero attached hydrogens (tertiary/aromatic N) is 3. The number of carbonyl (C=O) groups is 1. The SMILES string of the molecule is Cc1cc(-c2cc(=O)n(CC(=O)NC3CCCCC3C)nc2-c2ccc(C)s2)on1. The Balaban J connectivity index is 1.65. The van der Waals surface area contributed by atoms with Crippen LogP contribution in [0.15, 0.2) is 33.6 Å². The van der Waals surface area contributed by atoms with Crippen LogP contribution in [0.1, 0.15) is 43.2 Å². The van der Waals surface area contributed by atoms with E-state index in [-0.39, 0.29) is 24.1 Å². The fourth-order valence-electron chi connectivity index (χ4n) is 3.94. The van der Waals surface area contributed by atoms with Crippen molar-refractivity contribution in [3.63, 3.8) is 0 Å². The molecule has 0 radical (unpaired) electrons. The van der Waals surface area contributed by atoms with Crippen molar-refractivity contribution in [2.75, 3.05) is 0 Å². The molecule has 1 amide bonds. The van der Waals surface area contributed by atoms with Gasteiger partial charge in [-0.2, -0.15) is 5.10 Å². The molecule has 2 atom stereocenters. The fourth-order valence-corrected chi connectivity index (χ4v) is 4.81. The Hall–Kier alpha value is -2.74. The second-order valence-electron chi connectivity index (χ2n) is 8.08. The molecule has 0 saturated heterocycles. The van der Waals surface area contributed by atoms with Gasteiger partial charge in [-0.1, -0.05) is 24.9 Å². The highest BCUT2D eigenvalue weighted by Crippen LogP contribution is 2.33. The molecule has 158 valence electrons. The van der Waals surface area contributed by atoms with Crippen LogP contribution >= 0.6 is 11.3 Å². The Labute approximate surface area is 179 Å². The van der Waals surface area contributed by atoms with E-state index in [9.17, 15) is 9.59 Å². The van der Waals surface area contributed by atoms with Gasteiger partial charge in [-0.3, -0.25) is 9.59 Å². The van der Waals surface area contributed by atoms with Crippen LogP contribution in [0.25, 0.3) is 21.9 Å². The summed E-state index contributed by atoms with van der Waals surface area (Å²) < 4.78 is 6.63. The van der Waals surface area contributed by atoms with Crippen molar-refractivity contribution in [3.05, 3.63) is 45.2 Å². The molecule has 1 saturated carbocycles. The van der Waals surface area contributed by atoms with E-state index in [1.807, 2.05) is 26.0 Å². The van der Waals surface area contributed by atoms with Crippen molar-refractivity contribution >= 4 is 17.2 Å². The number of aryl methyl sites for hydroxylation is 2. The van der Waals surface area contributed by atoms with Crippen LogP contribution in [0.5, 0.6) is 0 Å². The van der Waals surface area contributed by atoms with Crippen molar-refractivity contribution in [1.29, 1.82) is 0 Å². The fraction of sp³-hybridized carbons (Fsp3) is 0.455. The summed E-state index contributed by atoms with van der Waals surface area (Å²) in [6.07, 6.45) is 4.44. The van der Waals surface area contributed by atoms with Gasteiger partial charge < -0.3 is 9.84 Å². The molecule has 4 rings (SSSR count). The normalized spacial score (nSPS) is 19.0. The number of nitrogens with one attached hydrogen (secondary N) is 1. The first-order valence-corrected chi connectivity index (χ1v) is 11.1. The Morgan fingerprint density at radius 2 is 2.07 bits per heavy atom. The Morgan fingerprint density at radius 3 is 2.73 bits per heavy atom. The van der Waals surface area contributed by atoms with E-state index in [0.717, 1.165) is 34.7 Å². The van der Waals surface area contributed by atoms with Gasteiger partial charge in [0.1, 0.15) is 12.2 Å². The van der Waals surface area contributed by atoms with Gasteiger partial charge in [0.05, 0.1) is 16.1 Å². The zero-order valence-electron chi connectivity index (χ0n) is 17.5. The number of hydrogen-bond acceptors (Lipinski definition) is 6. The maximum Gasteiger partial charge on any atom is 0.268 e. The van der Waals surface area contributed by atoms with E-state index in [4.69, 9.17) is 4.52 Å². The molecular formula is C22H26N4O3S. The van der Waals surface area contributed by atoms with Crippen LogP contribution in [-0.4, -0.2) is 26.9 Å². The minimum atomic E-state index is -0.345. The summed E-state index contributed by atoms with van der Waals surface area (Å²) in [7, 11) is 0. The van der Waals surface area contributed by atoms with Crippen molar-refractivity contribution < 1.29 is 9.32 Å². The molecule has 3 aromatic heterocycles. The Bertz CT molecular complexity index is 1110. The van der Waals surface area contributed by atoms with Crippen LogP contribution in [0, 0.1) is 19.8 Å². The summed E-state index contributed by atoms with van der Waals surface area (Å²) in [5, 5.41) is 11.6. The van der Waals surface area contributed by atoms with Gasteiger partial charge in [0.25, 0.3) is 5.56 Å². The maximum absolute atomic E-state index is 12.8. The van der Waals surface area contributed by atoms with Gasteiger partial charge in [0, 0.05) is 23.1 Å². The lowest BCUT2D eigenvalue weighted by Gasteiger charge is -2.29. The lowest BCUT2D eigenvalue weighted by atomic mass is 9.86. The van der Waals surface area contributed by atoms with E-state index in [1.165, 1.54) is 17.2 Å². The number of amides is 1. The lowest BCUT2D eigenvalue weighted by molar-refractivity contribution is -0.123. The molecule has 8 heteroatoms. The molecule has 0 bridgehead atoms. The van der Waals surface area contributed by atoms with Crippen LogP contribution in [-0.2, 0) is 11.3 Å². The predicted molar refractivity (Wildman–Crippen MR) is 116 cm³/mol. The molecule has 1 aliphatic carbocycles. The van der Waals surface area contributed by atoms with Gasteiger partial charge >= 0.3 is 0 Å². The monoisotopic (exact) mass is 426 g/mol. The lowest BCUT2D eigenvalue weighted by Crippen LogP contribution is -2.43. The number of carbonyl (C=O) groups excluding carboxylic acids is 1. The van der Waals surface area contributed by atoms with Crippen LogP contribution in [0.4, 0.5) is 0 Å². The largest absolute Gasteiger partial charge is 0.356 e. The maximum atomic E-state index is 12.8. The van der Waals surface area contributed by atoms with Crippen LogP contribution < -0.4 is 10.9 Å². The van der Waals surface area contributed by atoms with Gasteiger partial charge in [0.15, 0.2) is 5.76 Å². The second-order valence-corrected chi connectivity index (χ2v) is 9.37. The third-order valence-electron chi connectivity index (χ3n) is 5.62. The first-order chi connectivity index (χ1) is 14.4. The topological polar surface area (TPSA) is 90.0 Å². The smallest absolute Gasteiger partial charge is 0.268 e. The van der Waals surface area contributed by atoms with Gasteiger partial charge in [-0.15, -0.1) is 11.3 Å². The molecule has 0 aromatic carbocycles. The third-order valence-corrected chi connectivity index (χ3v) is 6.62. The number of rotatable bonds is 5. The average Bonchev–Trinajstić information content (AvgIpc) is 3.33. The molecular weight excluding hydrogens is 400 g/mol. The third kappa shape index (κ3) is 4.38. The molecule has 1 N–H and O–H groups in total. The highest BCUT2D eigenvalue weighted by atomic mass is 32.1. The summed E-state index contributed by atoms with van der Waals surface area (Å²) >= 11 is 1.58. The number of thiophene rings is 1. The van der Waals surface area contributed by atoms with Gasteiger partial charge in [-0.05, 0) is 44.7 Å². The standard InChI is InChI=1S/C22H26N4O3S/c1-13-6-4-5-7-17(13)23-20(27)12-26-21(28)11-16(18-10-14(2)25-29-18)22(24-26)19-9-8-15(3)30-19/h8-11,13,17H,4-7,12H2,1-3H3,(H,23,27). The minimum absolute atomic E-state index is 0.102. The summed E-state index contributed by atoms with van der Waals surface area (Å²) in [5.74, 6) is 0.764. The zero-order valence-corrected chi connectivity index (χ0v) is 18.3. The van der Waals surface area contributed by atoms with Gasteiger partial charge in [0.2, 0.25) is 5.91 Å². The van der Waals surface area contributed by atoms with E-state index in [2.05, 4.69) is 22.5 Å². The molecule has 0 spiro atoms. The minimum Gasteiger partial charge on any atom is -0.356 e. The highest BCUT2D eigenvalue weighted by molar-refractivity contribution is 7.15. The second kappa shape index (κ2) is 8.55. The van der Waals surface area contributed by atoms with Crippen molar-refractivity contribution in [3.8, 4) is 21.9 Å². The van der Waals surface area contributed by atoms with Crippen LogP contribution in [0.3, 0.4) is 0 Å². The summed E-state index contributed by atoms with van der Waals surface area (Å²) in [4.78, 5) is 27.5.